The number of nitrogens with zero attached hydrogens (tertiary/aromatic N) is 2. The fraction of sp³-hybridized carbons (Fsp3) is 0.615. The van der Waals surface area contributed by atoms with Crippen molar-refractivity contribution in [3.8, 4) is 0 Å². The summed E-state index contributed by atoms with van der Waals surface area (Å²) in [6, 6.07) is 0. The van der Waals surface area contributed by atoms with Gasteiger partial charge in [-0.1, -0.05) is 0 Å². The molecule has 4 nitrogen and oxygen atoms in total. The van der Waals surface area contributed by atoms with Crippen LogP contribution >= 0.6 is 11.3 Å². The summed E-state index contributed by atoms with van der Waals surface area (Å²) in [5.41, 5.74) is 2.41. The van der Waals surface area contributed by atoms with Crippen LogP contribution in [-0.2, 0) is 11.3 Å². The molecule has 1 aliphatic rings. The van der Waals surface area contributed by atoms with Crippen LogP contribution in [-0.4, -0.2) is 29.1 Å². The largest absolute Gasteiger partial charge is 0.381 e. The third-order valence-electron chi connectivity index (χ3n) is 3.54. The lowest BCUT2D eigenvalue weighted by molar-refractivity contribution is 0.0547. The average molecular weight is 265 g/mol. The molecule has 98 valence electrons. The molecule has 0 aliphatic carbocycles. The predicted octanol–water partition coefficient (Wildman–Crippen LogP) is 2.22. The molecule has 0 radical (unpaired) electrons. The zero-order chi connectivity index (χ0) is 12.4. The van der Waals surface area contributed by atoms with Crippen molar-refractivity contribution in [2.45, 2.75) is 26.3 Å². The maximum Gasteiger partial charge on any atom is 0.194 e. The van der Waals surface area contributed by atoms with Crippen LogP contribution in [0.2, 0.25) is 0 Å². The van der Waals surface area contributed by atoms with Gasteiger partial charge >= 0.3 is 0 Å². The van der Waals surface area contributed by atoms with Crippen molar-refractivity contribution in [2.24, 2.45) is 5.92 Å². The van der Waals surface area contributed by atoms with Crippen LogP contribution in [0.1, 0.15) is 24.2 Å². The number of ether oxygens (including phenoxy) is 1. The number of hydrogen-bond acceptors (Lipinski definition) is 4. The molecule has 1 fully saturated rings. The monoisotopic (exact) mass is 265 g/mol. The second-order valence-electron chi connectivity index (χ2n) is 4.91. The molecule has 3 heterocycles. The summed E-state index contributed by atoms with van der Waals surface area (Å²) in [7, 11) is 0. The van der Waals surface area contributed by atoms with Gasteiger partial charge in [0, 0.05) is 31.3 Å². The smallest absolute Gasteiger partial charge is 0.194 e. The highest BCUT2D eigenvalue weighted by Gasteiger charge is 2.14. The zero-order valence-corrected chi connectivity index (χ0v) is 11.5. The van der Waals surface area contributed by atoms with Gasteiger partial charge in [0.05, 0.1) is 18.0 Å². The Labute approximate surface area is 111 Å². The van der Waals surface area contributed by atoms with Gasteiger partial charge in [0.1, 0.15) is 0 Å². The second kappa shape index (κ2) is 5.38. The van der Waals surface area contributed by atoms with E-state index in [0.717, 1.165) is 37.0 Å². The number of thiazole rings is 1. The highest BCUT2D eigenvalue weighted by atomic mass is 32.1. The third kappa shape index (κ3) is 2.43. The van der Waals surface area contributed by atoms with E-state index in [0.29, 0.717) is 5.92 Å². The summed E-state index contributed by atoms with van der Waals surface area (Å²) in [6.45, 7) is 5.86. The fourth-order valence-electron chi connectivity index (χ4n) is 2.52. The molecule has 1 unspecified atom stereocenters. The summed E-state index contributed by atoms with van der Waals surface area (Å²) in [6.07, 6.45) is 4.58. The van der Waals surface area contributed by atoms with Crippen LogP contribution in [0, 0.1) is 12.8 Å². The van der Waals surface area contributed by atoms with E-state index in [1.165, 1.54) is 18.5 Å². The third-order valence-corrected chi connectivity index (χ3v) is 4.30. The summed E-state index contributed by atoms with van der Waals surface area (Å²) in [5, 5.41) is 5.63. The normalized spacial score (nSPS) is 20.6. The van der Waals surface area contributed by atoms with E-state index >= 15 is 0 Å². The van der Waals surface area contributed by atoms with E-state index < -0.39 is 0 Å². The molecule has 1 N–H and O–H groups in total. The van der Waals surface area contributed by atoms with E-state index in [9.17, 15) is 0 Å². The van der Waals surface area contributed by atoms with Crippen molar-refractivity contribution in [1.82, 2.24) is 14.7 Å². The Bertz CT molecular complexity index is 513. The van der Waals surface area contributed by atoms with Crippen molar-refractivity contribution in [3.05, 3.63) is 23.0 Å². The molecule has 0 saturated carbocycles. The highest BCUT2D eigenvalue weighted by molar-refractivity contribution is 7.15. The highest BCUT2D eigenvalue weighted by Crippen LogP contribution is 2.17. The zero-order valence-electron chi connectivity index (χ0n) is 10.7. The van der Waals surface area contributed by atoms with Gasteiger partial charge in [-0.05, 0) is 25.7 Å². The number of rotatable bonds is 4. The Morgan fingerprint density at radius 1 is 1.61 bits per heavy atom. The van der Waals surface area contributed by atoms with Crippen molar-refractivity contribution >= 4 is 16.3 Å². The molecule has 1 saturated heterocycles. The minimum Gasteiger partial charge on any atom is -0.381 e. The van der Waals surface area contributed by atoms with E-state index in [1.807, 2.05) is 0 Å². The Morgan fingerprint density at radius 3 is 3.39 bits per heavy atom. The topological polar surface area (TPSA) is 38.6 Å². The summed E-state index contributed by atoms with van der Waals surface area (Å²) < 4.78 is 7.68. The van der Waals surface area contributed by atoms with Crippen LogP contribution in [0.4, 0.5) is 0 Å². The molecular weight excluding hydrogens is 246 g/mol. The summed E-state index contributed by atoms with van der Waals surface area (Å²) in [5.74, 6) is 0.671. The van der Waals surface area contributed by atoms with Gasteiger partial charge < -0.3 is 10.1 Å². The van der Waals surface area contributed by atoms with Crippen molar-refractivity contribution < 1.29 is 4.74 Å². The van der Waals surface area contributed by atoms with Gasteiger partial charge in [-0.3, -0.25) is 4.40 Å². The van der Waals surface area contributed by atoms with Crippen LogP contribution < -0.4 is 5.32 Å². The van der Waals surface area contributed by atoms with E-state index in [-0.39, 0.29) is 0 Å². The first kappa shape index (κ1) is 12.1. The quantitative estimate of drug-likeness (QED) is 0.921. The Kier molecular flexibility index (Phi) is 3.63. The Hall–Kier alpha value is -0.910. The molecule has 1 aliphatic heterocycles. The molecule has 0 bridgehead atoms. The molecule has 3 rings (SSSR count). The molecule has 1 atom stereocenters. The molecule has 5 heteroatoms. The van der Waals surface area contributed by atoms with E-state index in [1.54, 1.807) is 11.3 Å². The first-order valence-electron chi connectivity index (χ1n) is 6.54. The minimum atomic E-state index is 0.671. The van der Waals surface area contributed by atoms with Crippen LogP contribution in [0.25, 0.3) is 4.96 Å². The van der Waals surface area contributed by atoms with Crippen LogP contribution in [0.5, 0.6) is 0 Å². The lowest BCUT2D eigenvalue weighted by Crippen LogP contribution is -2.29. The number of hydrogen-bond donors (Lipinski definition) is 1. The fourth-order valence-corrected chi connectivity index (χ4v) is 3.30. The molecule has 2 aromatic rings. The SMILES string of the molecule is Cc1nc2sccn2c1CNCC1CCCOC1. The number of aryl methyl sites for hydroxylation is 1. The van der Waals surface area contributed by atoms with Gasteiger partial charge in [-0.2, -0.15) is 0 Å². The van der Waals surface area contributed by atoms with Crippen LogP contribution in [0.15, 0.2) is 11.6 Å². The summed E-state index contributed by atoms with van der Waals surface area (Å²) >= 11 is 1.69. The molecule has 2 aromatic heterocycles. The average Bonchev–Trinajstić information content (AvgIpc) is 2.93. The number of imidazole rings is 1. The molecule has 18 heavy (non-hydrogen) atoms. The summed E-state index contributed by atoms with van der Waals surface area (Å²) in [4.78, 5) is 5.64. The Morgan fingerprint density at radius 2 is 2.56 bits per heavy atom. The molecular formula is C13H19N3OS. The lowest BCUT2D eigenvalue weighted by atomic mass is 10.0. The minimum absolute atomic E-state index is 0.671. The number of fused-ring (bicyclic) bond motifs is 1. The standard InChI is InChI=1S/C13H19N3OS/c1-10-12(16-4-6-18-13(16)15-10)8-14-7-11-3-2-5-17-9-11/h4,6,11,14H,2-3,5,7-9H2,1H3. The lowest BCUT2D eigenvalue weighted by Gasteiger charge is -2.22. The van der Waals surface area contributed by atoms with Gasteiger partial charge in [0.15, 0.2) is 4.96 Å². The number of aromatic nitrogens is 2. The maximum absolute atomic E-state index is 5.50. The first-order chi connectivity index (χ1) is 8.84. The predicted molar refractivity (Wildman–Crippen MR) is 73.1 cm³/mol. The molecule has 0 spiro atoms. The van der Waals surface area contributed by atoms with Gasteiger partial charge in [0.25, 0.3) is 0 Å². The maximum atomic E-state index is 5.50. The molecule has 0 aromatic carbocycles. The first-order valence-corrected chi connectivity index (χ1v) is 7.42. The van der Waals surface area contributed by atoms with Crippen LogP contribution in [0.3, 0.4) is 0 Å². The second-order valence-corrected chi connectivity index (χ2v) is 5.79. The van der Waals surface area contributed by atoms with Gasteiger partial charge in [-0.15, -0.1) is 11.3 Å². The van der Waals surface area contributed by atoms with E-state index in [2.05, 4.69) is 33.2 Å². The Balaban J connectivity index is 1.59. The van der Waals surface area contributed by atoms with Crippen molar-refractivity contribution in [2.75, 3.05) is 19.8 Å². The van der Waals surface area contributed by atoms with Crippen molar-refractivity contribution in [1.29, 1.82) is 0 Å². The molecule has 0 amide bonds. The van der Waals surface area contributed by atoms with Crippen molar-refractivity contribution in [3.63, 3.8) is 0 Å². The van der Waals surface area contributed by atoms with Gasteiger partial charge in [-0.25, -0.2) is 4.98 Å². The number of nitrogens with one attached hydrogen (secondary N) is 1. The van der Waals surface area contributed by atoms with E-state index in [4.69, 9.17) is 4.74 Å². The van der Waals surface area contributed by atoms with Gasteiger partial charge in [0.2, 0.25) is 0 Å².